The van der Waals surface area contributed by atoms with Crippen LogP contribution in [0.1, 0.15) is 22.4 Å². The van der Waals surface area contributed by atoms with Crippen molar-refractivity contribution in [1.82, 2.24) is 4.98 Å². The van der Waals surface area contributed by atoms with Crippen molar-refractivity contribution in [1.29, 1.82) is 5.26 Å². The molecule has 0 aliphatic rings. The van der Waals surface area contributed by atoms with Crippen LogP contribution in [0.5, 0.6) is 5.75 Å². The number of aromatic amines is 1. The molecular formula is C21H17ClN2O2. The van der Waals surface area contributed by atoms with E-state index in [1.54, 1.807) is 31.2 Å². The van der Waals surface area contributed by atoms with E-state index >= 15 is 0 Å². The minimum absolute atomic E-state index is 0.0399. The Morgan fingerprint density at radius 2 is 1.81 bits per heavy atom. The monoisotopic (exact) mass is 364 g/mol. The molecule has 1 N–H and O–H groups in total. The van der Waals surface area contributed by atoms with Crippen molar-refractivity contribution >= 4 is 11.6 Å². The summed E-state index contributed by atoms with van der Waals surface area (Å²) >= 11 is 6.15. The summed E-state index contributed by atoms with van der Waals surface area (Å²) in [7, 11) is 0. The first-order valence-electron chi connectivity index (χ1n) is 8.10. The van der Waals surface area contributed by atoms with Gasteiger partial charge in [0, 0.05) is 21.8 Å². The van der Waals surface area contributed by atoms with E-state index < -0.39 is 5.56 Å². The van der Waals surface area contributed by atoms with Crippen LogP contribution >= 0.6 is 11.6 Å². The predicted molar refractivity (Wildman–Crippen MR) is 102 cm³/mol. The molecule has 0 atom stereocenters. The second-order valence-corrected chi connectivity index (χ2v) is 6.53. The second-order valence-electron chi connectivity index (χ2n) is 6.10. The van der Waals surface area contributed by atoms with Crippen LogP contribution in [0.2, 0.25) is 5.02 Å². The molecule has 4 nitrogen and oxygen atoms in total. The quantitative estimate of drug-likeness (QED) is 0.725. The zero-order chi connectivity index (χ0) is 18.7. The summed E-state index contributed by atoms with van der Waals surface area (Å²) in [5.41, 5.74) is 3.61. The first kappa shape index (κ1) is 17.8. The molecule has 130 valence electrons. The zero-order valence-electron chi connectivity index (χ0n) is 14.5. The number of hydrogen-bond acceptors (Lipinski definition) is 3. The van der Waals surface area contributed by atoms with Gasteiger partial charge in [-0.1, -0.05) is 41.4 Å². The van der Waals surface area contributed by atoms with Crippen LogP contribution in [0.25, 0.3) is 11.1 Å². The van der Waals surface area contributed by atoms with Crippen LogP contribution in [0, 0.1) is 25.2 Å². The van der Waals surface area contributed by atoms with Gasteiger partial charge in [-0.2, -0.15) is 5.26 Å². The van der Waals surface area contributed by atoms with Crippen LogP contribution in [0.3, 0.4) is 0 Å². The maximum absolute atomic E-state index is 12.1. The minimum atomic E-state index is -0.424. The third kappa shape index (κ3) is 3.79. The number of H-pyrrole nitrogens is 1. The number of nitriles is 1. The Bertz CT molecular complexity index is 1050. The Labute approximate surface area is 156 Å². The summed E-state index contributed by atoms with van der Waals surface area (Å²) in [5, 5.41) is 9.91. The molecule has 3 rings (SSSR count). The summed E-state index contributed by atoms with van der Waals surface area (Å²) in [6.07, 6.45) is 0. The van der Waals surface area contributed by atoms with Gasteiger partial charge < -0.3 is 9.72 Å². The molecule has 0 amide bonds. The SMILES string of the molecule is Cc1ccc(COc2ccc(Cl)cc2-c2cc(C)[nH]c(=O)c2C#N)cc1. The minimum Gasteiger partial charge on any atom is -0.488 e. The number of halogens is 1. The van der Waals surface area contributed by atoms with E-state index in [4.69, 9.17) is 16.3 Å². The third-order valence-corrected chi connectivity index (χ3v) is 4.26. The lowest BCUT2D eigenvalue weighted by Gasteiger charge is -2.14. The smallest absolute Gasteiger partial charge is 0.266 e. The maximum atomic E-state index is 12.1. The highest BCUT2D eigenvalue weighted by Gasteiger charge is 2.15. The molecule has 1 aromatic heterocycles. The largest absolute Gasteiger partial charge is 0.488 e. The van der Waals surface area contributed by atoms with E-state index in [2.05, 4.69) is 4.98 Å². The van der Waals surface area contributed by atoms with Gasteiger partial charge in [0.2, 0.25) is 0 Å². The number of ether oxygens (including phenoxy) is 1. The number of pyridine rings is 1. The number of benzene rings is 2. The summed E-state index contributed by atoms with van der Waals surface area (Å²) < 4.78 is 5.97. The third-order valence-electron chi connectivity index (χ3n) is 4.03. The van der Waals surface area contributed by atoms with Gasteiger partial charge in [-0.15, -0.1) is 0 Å². The highest BCUT2D eigenvalue weighted by molar-refractivity contribution is 6.31. The molecule has 5 heteroatoms. The van der Waals surface area contributed by atoms with Gasteiger partial charge in [0.1, 0.15) is 24.0 Å². The van der Waals surface area contributed by atoms with Gasteiger partial charge in [0.05, 0.1) is 0 Å². The van der Waals surface area contributed by atoms with Gasteiger partial charge in [0.15, 0.2) is 0 Å². The van der Waals surface area contributed by atoms with Crippen molar-refractivity contribution in [3.8, 4) is 22.9 Å². The van der Waals surface area contributed by atoms with Crippen molar-refractivity contribution in [3.05, 3.63) is 86.3 Å². The first-order valence-corrected chi connectivity index (χ1v) is 8.48. The zero-order valence-corrected chi connectivity index (χ0v) is 15.2. The van der Waals surface area contributed by atoms with Crippen molar-refractivity contribution < 1.29 is 4.74 Å². The summed E-state index contributed by atoms with van der Waals surface area (Å²) in [6.45, 7) is 4.17. The van der Waals surface area contributed by atoms with Crippen LogP contribution in [-0.4, -0.2) is 4.98 Å². The van der Waals surface area contributed by atoms with Gasteiger partial charge in [-0.3, -0.25) is 4.79 Å². The van der Waals surface area contributed by atoms with Crippen molar-refractivity contribution in [2.75, 3.05) is 0 Å². The van der Waals surface area contributed by atoms with Gasteiger partial charge in [-0.05, 0) is 43.7 Å². The van der Waals surface area contributed by atoms with E-state index in [9.17, 15) is 10.1 Å². The number of hydrogen-bond donors (Lipinski definition) is 1. The predicted octanol–water partition coefficient (Wildman–Crippen LogP) is 4.76. The molecular weight excluding hydrogens is 348 g/mol. The fourth-order valence-corrected chi connectivity index (χ4v) is 2.87. The molecule has 0 radical (unpaired) electrons. The molecule has 3 aromatic rings. The normalized spacial score (nSPS) is 10.4. The summed E-state index contributed by atoms with van der Waals surface area (Å²) in [5.74, 6) is 0.566. The number of aryl methyl sites for hydroxylation is 2. The topological polar surface area (TPSA) is 65.9 Å². The van der Waals surface area contributed by atoms with Gasteiger partial charge in [-0.25, -0.2) is 0 Å². The Balaban J connectivity index is 2.03. The highest BCUT2D eigenvalue weighted by Crippen LogP contribution is 2.34. The Morgan fingerprint density at radius 3 is 2.50 bits per heavy atom. The molecule has 0 spiro atoms. The van der Waals surface area contributed by atoms with Crippen LogP contribution in [0.4, 0.5) is 0 Å². The van der Waals surface area contributed by atoms with E-state index in [1.165, 1.54) is 5.56 Å². The van der Waals surface area contributed by atoms with E-state index in [0.29, 0.717) is 34.2 Å². The molecule has 2 aromatic carbocycles. The average molecular weight is 365 g/mol. The van der Waals surface area contributed by atoms with E-state index in [-0.39, 0.29) is 5.56 Å². The van der Waals surface area contributed by atoms with Gasteiger partial charge >= 0.3 is 0 Å². The fraction of sp³-hybridized carbons (Fsp3) is 0.143. The lowest BCUT2D eigenvalue weighted by molar-refractivity contribution is 0.307. The lowest BCUT2D eigenvalue weighted by atomic mass is 10.00. The number of rotatable bonds is 4. The van der Waals surface area contributed by atoms with Crippen LogP contribution in [-0.2, 0) is 6.61 Å². The number of nitrogens with one attached hydrogen (secondary N) is 1. The maximum Gasteiger partial charge on any atom is 0.266 e. The summed E-state index contributed by atoms with van der Waals surface area (Å²) in [6, 6.07) is 17.0. The molecule has 26 heavy (non-hydrogen) atoms. The molecule has 0 saturated carbocycles. The molecule has 0 fully saturated rings. The summed E-state index contributed by atoms with van der Waals surface area (Å²) in [4.78, 5) is 14.8. The lowest BCUT2D eigenvalue weighted by Crippen LogP contribution is -2.13. The molecule has 0 aliphatic carbocycles. The second kappa shape index (κ2) is 7.47. The van der Waals surface area contributed by atoms with Gasteiger partial charge in [0.25, 0.3) is 5.56 Å². The van der Waals surface area contributed by atoms with E-state index in [0.717, 1.165) is 5.56 Å². The number of nitrogens with zero attached hydrogens (tertiary/aromatic N) is 1. The Kier molecular flexibility index (Phi) is 5.11. The first-order chi connectivity index (χ1) is 12.5. The molecule has 0 saturated heterocycles. The van der Waals surface area contributed by atoms with Crippen LogP contribution in [0.15, 0.2) is 53.3 Å². The Hall–Kier alpha value is -3.03. The number of aromatic nitrogens is 1. The Morgan fingerprint density at radius 1 is 1.08 bits per heavy atom. The van der Waals surface area contributed by atoms with Crippen molar-refractivity contribution in [2.24, 2.45) is 0 Å². The van der Waals surface area contributed by atoms with Crippen LogP contribution < -0.4 is 10.3 Å². The molecule has 0 aliphatic heterocycles. The molecule has 1 heterocycles. The van der Waals surface area contributed by atoms with Crippen molar-refractivity contribution in [3.63, 3.8) is 0 Å². The average Bonchev–Trinajstić information content (AvgIpc) is 2.61. The standard InChI is InChI=1S/C21H17ClN2O2/c1-13-3-5-15(6-4-13)12-26-20-8-7-16(22)10-18(20)17-9-14(2)24-21(25)19(17)11-23/h3-10H,12H2,1-2H3,(H,24,25). The van der Waals surface area contributed by atoms with Crippen molar-refractivity contribution in [2.45, 2.75) is 20.5 Å². The molecule has 0 bridgehead atoms. The fourth-order valence-electron chi connectivity index (χ4n) is 2.70. The highest BCUT2D eigenvalue weighted by atomic mass is 35.5. The molecule has 0 unspecified atom stereocenters. The van der Waals surface area contributed by atoms with E-state index in [1.807, 2.05) is 37.3 Å².